The minimum absolute atomic E-state index is 0. The largest absolute Gasteiger partial charge is 0.339 e. The molecule has 5 nitrogen and oxygen atoms in total. The van der Waals surface area contributed by atoms with E-state index < -0.39 is 9.84 Å². The summed E-state index contributed by atoms with van der Waals surface area (Å²) in [7, 11) is -3.05. The second kappa shape index (κ2) is 9.92. The van der Waals surface area contributed by atoms with E-state index in [1.165, 1.54) is 0 Å². The zero-order valence-corrected chi connectivity index (χ0v) is 15.5. The van der Waals surface area contributed by atoms with Gasteiger partial charge < -0.3 is 10.2 Å². The minimum atomic E-state index is -3.05. The van der Waals surface area contributed by atoms with Gasteiger partial charge in [-0.3, -0.25) is 4.79 Å². The lowest BCUT2D eigenvalue weighted by atomic mass is 10.2. The van der Waals surface area contributed by atoms with Gasteiger partial charge in [0.15, 0.2) is 9.84 Å². The number of sulfone groups is 1. The van der Waals surface area contributed by atoms with Crippen LogP contribution < -0.4 is 5.32 Å². The molecule has 1 fully saturated rings. The molecule has 0 spiro atoms. The van der Waals surface area contributed by atoms with E-state index in [0.717, 1.165) is 18.1 Å². The van der Waals surface area contributed by atoms with Crippen molar-refractivity contribution in [3.8, 4) is 0 Å². The van der Waals surface area contributed by atoms with E-state index in [-0.39, 0.29) is 41.9 Å². The SMILES string of the molecule is CCN(C(=O)CC1CSCCN1)C(C)CS(=O)(=O)CC.Cl. The number of nitrogens with one attached hydrogen (secondary N) is 1. The van der Waals surface area contributed by atoms with E-state index in [9.17, 15) is 13.2 Å². The van der Waals surface area contributed by atoms with Crippen LogP contribution in [0, 0.1) is 0 Å². The number of carbonyl (C=O) groups is 1. The molecule has 0 aromatic rings. The summed E-state index contributed by atoms with van der Waals surface area (Å²) in [6.45, 7) is 6.85. The highest BCUT2D eigenvalue weighted by Gasteiger charge is 2.25. The number of carbonyl (C=O) groups excluding carboxylic acids is 1. The molecule has 1 amide bonds. The number of hydrogen-bond acceptors (Lipinski definition) is 5. The molecule has 8 heteroatoms. The summed E-state index contributed by atoms with van der Waals surface area (Å²) in [5, 5.41) is 3.34. The van der Waals surface area contributed by atoms with Crippen LogP contribution in [0.5, 0.6) is 0 Å². The molecular formula is C13H27ClN2O3S2. The quantitative estimate of drug-likeness (QED) is 0.740. The first-order valence-electron chi connectivity index (χ1n) is 7.20. The third-order valence-corrected chi connectivity index (χ3v) is 6.55. The van der Waals surface area contributed by atoms with Gasteiger partial charge in [-0.25, -0.2) is 8.42 Å². The molecule has 1 heterocycles. The van der Waals surface area contributed by atoms with Gasteiger partial charge in [-0.2, -0.15) is 11.8 Å². The van der Waals surface area contributed by atoms with Gasteiger partial charge in [0.1, 0.15) is 0 Å². The van der Waals surface area contributed by atoms with Gasteiger partial charge in [-0.05, 0) is 13.8 Å². The van der Waals surface area contributed by atoms with Crippen molar-refractivity contribution >= 4 is 39.9 Å². The monoisotopic (exact) mass is 358 g/mol. The van der Waals surface area contributed by atoms with Crippen LogP contribution in [0.1, 0.15) is 27.2 Å². The number of amides is 1. The van der Waals surface area contributed by atoms with E-state index in [1.807, 2.05) is 25.6 Å². The first-order chi connectivity index (χ1) is 9.39. The number of rotatable bonds is 7. The van der Waals surface area contributed by atoms with Crippen LogP contribution in [-0.4, -0.2) is 67.4 Å². The molecule has 2 unspecified atom stereocenters. The fraction of sp³-hybridized carbons (Fsp3) is 0.923. The summed E-state index contributed by atoms with van der Waals surface area (Å²) in [4.78, 5) is 14.0. The number of hydrogen-bond donors (Lipinski definition) is 1. The molecule has 0 aliphatic carbocycles. The summed E-state index contributed by atoms with van der Waals surface area (Å²) in [5.74, 6) is 2.27. The number of thioether (sulfide) groups is 1. The topological polar surface area (TPSA) is 66.5 Å². The lowest BCUT2D eigenvalue weighted by molar-refractivity contribution is -0.133. The van der Waals surface area contributed by atoms with Crippen LogP contribution in [0.4, 0.5) is 0 Å². The summed E-state index contributed by atoms with van der Waals surface area (Å²) in [6.07, 6.45) is 0.456. The Kier molecular flexibility index (Phi) is 9.93. The predicted octanol–water partition coefficient (Wildman–Crippen LogP) is 1.17. The maximum absolute atomic E-state index is 12.3. The molecule has 0 aromatic carbocycles. The van der Waals surface area contributed by atoms with Gasteiger partial charge in [0.25, 0.3) is 0 Å². The molecule has 0 saturated carbocycles. The van der Waals surface area contributed by atoms with Crippen LogP contribution in [0.25, 0.3) is 0 Å². The third kappa shape index (κ3) is 7.21. The Balaban J connectivity index is 0.00000400. The molecule has 1 rings (SSSR count). The van der Waals surface area contributed by atoms with Crippen LogP contribution >= 0.6 is 24.2 Å². The average molecular weight is 359 g/mol. The zero-order chi connectivity index (χ0) is 15.2. The second-order valence-electron chi connectivity index (χ2n) is 5.16. The normalized spacial score (nSPS) is 20.4. The highest BCUT2D eigenvalue weighted by atomic mass is 35.5. The zero-order valence-electron chi connectivity index (χ0n) is 13.0. The summed E-state index contributed by atoms with van der Waals surface area (Å²) < 4.78 is 23.4. The Labute approximate surface area is 138 Å². The Morgan fingerprint density at radius 2 is 2.10 bits per heavy atom. The standard InChI is InChI=1S/C13H26N2O3S2.ClH/c1-4-15(11(3)10-20(17,18)5-2)13(16)8-12-9-19-7-6-14-12;/h11-12,14H,4-10H2,1-3H3;1H. The van der Waals surface area contributed by atoms with Crippen molar-refractivity contribution in [1.29, 1.82) is 0 Å². The van der Waals surface area contributed by atoms with Crippen molar-refractivity contribution in [2.24, 2.45) is 0 Å². The van der Waals surface area contributed by atoms with Crippen molar-refractivity contribution < 1.29 is 13.2 Å². The average Bonchev–Trinajstić information content (AvgIpc) is 2.40. The Bertz CT molecular complexity index is 412. The maximum Gasteiger partial charge on any atom is 0.224 e. The van der Waals surface area contributed by atoms with Crippen molar-refractivity contribution in [3.63, 3.8) is 0 Å². The van der Waals surface area contributed by atoms with E-state index in [4.69, 9.17) is 0 Å². The van der Waals surface area contributed by atoms with Gasteiger partial charge in [-0.1, -0.05) is 6.92 Å². The highest BCUT2D eigenvalue weighted by molar-refractivity contribution is 7.99. The fourth-order valence-corrected chi connectivity index (χ4v) is 4.49. The summed E-state index contributed by atoms with van der Waals surface area (Å²) >= 11 is 1.86. The van der Waals surface area contributed by atoms with Gasteiger partial charge in [0.05, 0.1) is 5.75 Å². The molecule has 1 aliphatic heterocycles. The van der Waals surface area contributed by atoms with Crippen molar-refractivity contribution in [1.82, 2.24) is 10.2 Å². The first-order valence-corrected chi connectivity index (χ1v) is 10.2. The van der Waals surface area contributed by atoms with Crippen LogP contribution in [0.3, 0.4) is 0 Å². The molecule has 1 saturated heterocycles. The van der Waals surface area contributed by atoms with Crippen molar-refractivity contribution in [2.45, 2.75) is 39.3 Å². The number of nitrogens with zero attached hydrogens (tertiary/aromatic N) is 1. The van der Waals surface area contributed by atoms with E-state index >= 15 is 0 Å². The Morgan fingerprint density at radius 3 is 2.57 bits per heavy atom. The molecule has 2 atom stereocenters. The first kappa shape index (κ1) is 21.0. The molecule has 0 radical (unpaired) electrons. The van der Waals surface area contributed by atoms with Gasteiger partial charge in [0.2, 0.25) is 5.91 Å². The second-order valence-corrected chi connectivity index (χ2v) is 8.71. The maximum atomic E-state index is 12.3. The summed E-state index contributed by atoms with van der Waals surface area (Å²) in [6, 6.07) is -0.0426. The lowest BCUT2D eigenvalue weighted by Gasteiger charge is -2.30. The third-order valence-electron chi connectivity index (χ3n) is 3.55. The molecule has 21 heavy (non-hydrogen) atoms. The van der Waals surface area contributed by atoms with Gasteiger partial charge in [-0.15, -0.1) is 12.4 Å². The fourth-order valence-electron chi connectivity index (χ4n) is 2.39. The molecule has 126 valence electrons. The van der Waals surface area contributed by atoms with Crippen LogP contribution in [0.2, 0.25) is 0 Å². The Hall–Kier alpha value is 0.0200. The molecule has 1 aliphatic rings. The van der Waals surface area contributed by atoms with E-state index in [0.29, 0.717) is 13.0 Å². The van der Waals surface area contributed by atoms with Gasteiger partial charge >= 0.3 is 0 Å². The highest BCUT2D eigenvalue weighted by Crippen LogP contribution is 2.13. The predicted molar refractivity (Wildman–Crippen MR) is 92.2 cm³/mol. The van der Waals surface area contributed by atoms with E-state index in [1.54, 1.807) is 11.8 Å². The van der Waals surface area contributed by atoms with Crippen LogP contribution in [0.15, 0.2) is 0 Å². The van der Waals surface area contributed by atoms with Crippen LogP contribution in [-0.2, 0) is 14.6 Å². The smallest absolute Gasteiger partial charge is 0.224 e. The number of halogens is 1. The van der Waals surface area contributed by atoms with Crippen molar-refractivity contribution in [2.75, 3.05) is 36.1 Å². The lowest BCUT2D eigenvalue weighted by Crippen LogP contribution is -2.47. The molecular weight excluding hydrogens is 332 g/mol. The van der Waals surface area contributed by atoms with Gasteiger partial charge in [0, 0.05) is 48.9 Å². The van der Waals surface area contributed by atoms with E-state index in [2.05, 4.69) is 5.32 Å². The van der Waals surface area contributed by atoms with Crippen molar-refractivity contribution in [3.05, 3.63) is 0 Å². The molecule has 0 bridgehead atoms. The minimum Gasteiger partial charge on any atom is -0.339 e. The Morgan fingerprint density at radius 1 is 1.43 bits per heavy atom. The molecule has 1 N–H and O–H groups in total. The summed E-state index contributed by atoms with van der Waals surface area (Å²) in [5.41, 5.74) is 0. The molecule has 0 aromatic heterocycles.